The van der Waals surface area contributed by atoms with Gasteiger partial charge in [-0.2, -0.15) is 0 Å². The molecule has 4 aromatic heterocycles. The molecule has 262 valence electrons. The SMILES string of the molecule is c1ccc(-c2nnc(-c3cccc(-n4c5ccccc5c5cc(-c6c(-n7c8ccccc8c8ccccc87)ccc7c6oc6ccccc67)ccc54)c3)o2)cc1. The van der Waals surface area contributed by atoms with Gasteiger partial charge < -0.3 is 18.0 Å². The molecule has 0 aliphatic rings. The van der Waals surface area contributed by atoms with Crippen LogP contribution in [0.4, 0.5) is 0 Å². The second kappa shape index (κ2) is 11.9. The van der Waals surface area contributed by atoms with E-state index in [9.17, 15) is 0 Å². The fourth-order valence-corrected chi connectivity index (χ4v) is 8.65. The number of fused-ring (bicyclic) bond motifs is 9. The Kier molecular flexibility index (Phi) is 6.53. The van der Waals surface area contributed by atoms with Crippen molar-refractivity contribution in [1.82, 2.24) is 19.3 Å². The molecule has 0 fully saturated rings. The summed E-state index contributed by atoms with van der Waals surface area (Å²) in [6, 6.07) is 63.7. The molecule has 12 rings (SSSR count). The van der Waals surface area contributed by atoms with Crippen molar-refractivity contribution in [2.24, 2.45) is 0 Å². The Hall–Kier alpha value is -7.70. The van der Waals surface area contributed by atoms with Gasteiger partial charge in [0.15, 0.2) is 0 Å². The molecule has 4 heterocycles. The summed E-state index contributed by atoms with van der Waals surface area (Å²) < 4.78 is 17.7. The molecule has 6 heteroatoms. The molecular formula is C50H30N4O2. The Bertz CT molecular complexity index is 3440. The van der Waals surface area contributed by atoms with Gasteiger partial charge in [-0.15, -0.1) is 10.2 Å². The van der Waals surface area contributed by atoms with Crippen molar-refractivity contribution in [2.45, 2.75) is 0 Å². The largest absolute Gasteiger partial charge is 0.455 e. The zero-order valence-electron chi connectivity index (χ0n) is 29.9. The van der Waals surface area contributed by atoms with Crippen LogP contribution in [0.25, 0.3) is 111 Å². The number of hydrogen-bond acceptors (Lipinski definition) is 4. The molecule has 56 heavy (non-hydrogen) atoms. The van der Waals surface area contributed by atoms with Crippen molar-refractivity contribution in [3.05, 3.63) is 182 Å². The summed E-state index contributed by atoms with van der Waals surface area (Å²) in [7, 11) is 0. The minimum Gasteiger partial charge on any atom is -0.455 e. The number of nitrogens with zero attached hydrogens (tertiary/aromatic N) is 4. The molecule has 0 spiro atoms. The van der Waals surface area contributed by atoms with E-state index < -0.39 is 0 Å². The molecule has 6 nitrogen and oxygen atoms in total. The van der Waals surface area contributed by atoms with Gasteiger partial charge in [0.2, 0.25) is 11.8 Å². The summed E-state index contributed by atoms with van der Waals surface area (Å²) >= 11 is 0. The third-order valence-electron chi connectivity index (χ3n) is 11.1. The summed E-state index contributed by atoms with van der Waals surface area (Å²) in [5, 5.41) is 15.7. The fourth-order valence-electron chi connectivity index (χ4n) is 8.65. The van der Waals surface area contributed by atoms with Gasteiger partial charge in [0.25, 0.3) is 0 Å². The summed E-state index contributed by atoms with van der Waals surface area (Å²) in [5.74, 6) is 0.973. The second-order valence-electron chi connectivity index (χ2n) is 14.2. The van der Waals surface area contributed by atoms with E-state index in [4.69, 9.17) is 8.83 Å². The Morgan fingerprint density at radius 1 is 0.357 bits per heavy atom. The van der Waals surface area contributed by atoms with Crippen LogP contribution < -0.4 is 0 Å². The van der Waals surface area contributed by atoms with Gasteiger partial charge in [-0.1, -0.05) is 103 Å². The highest BCUT2D eigenvalue weighted by molar-refractivity contribution is 6.16. The molecule has 0 bridgehead atoms. The molecule has 0 saturated carbocycles. The lowest BCUT2D eigenvalue weighted by molar-refractivity contribution is 0.584. The monoisotopic (exact) mass is 718 g/mol. The van der Waals surface area contributed by atoms with Crippen molar-refractivity contribution < 1.29 is 8.83 Å². The molecule has 12 aromatic rings. The minimum atomic E-state index is 0.477. The fraction of sp³-hybridized carbons (Fsp3) is 0. The number of para-hydroxylation sites is 4. The van der Waals surface area contributed by atoms with Crippen LogP contribution in [0.15, 0.2) is 191 Å². The Balaban J connectivity index is 1.09. The first-order chi connectivity index (χ1) is 27.8. The lowest BCUT2D eigenvalue weighted by Crippen LogP contribution is -1.98. The van der Waals surface area contributed by atoms with E-state index in [2.05, 4.69) is 153 Å². The lowest BCUT2D eigenvalue weighted by Gasteiger charge is -2.15. The number of rotatable bonds is 5. The number of furan rings is 1. The smallest absolute Gasteiger partial charge is 0.248 e. The number of hydrogen-bond donors (Lipinski definition) is 0. The van der Waals surface area contributed by atoms with E-state index in [1.54, 1.807) is 0 Å². The van der Waals surface area contributed by atoms with Crippen LogP contribution in [0, 0.1) is 0 Å². The van der Waals surface area contributed by atoms with Crippen LogP contribution >= 0.6 is 0 Å². The molecule has 0 aliphatic carbocycles. The molecule has 0 radical (unpaired) electrons. The number of aromatic nitrogens is 4. The van der Waals surface area contributed by atoms with Crippen LogP contribution in [0.1, 0.15) is 0 Å². The Morgan fingerprint density at radius 2 is 0.946 bits per heavy atom. The van der Waals surface area contributed by atoms with Crippen molar-refractivity contribution in [3.8, 4) is 45.4 Å². The zero-order chi connectivity index (χ0) is 36.7. The number of benzene rings is 8. The summed E-state index contributed by atoms with van der Waals surface area (Å²) in [5.41, 5.74) is 12.2. The predicted molar refractivity (Wildman–Crippen MR) is 227 cm³/mol. The molecule has 0 amide bonds. The maximum Gasteiger partial charge on any atom is 0.248 e. The van der Waals surface area contributed by atoms with Gasteiger partial charge >= 0.3 is 0 Å². The van der Waals surface area contributed by atoms with E-state index in [-0.39, 0.29) is 0 Å². The first-order valence-corrected chi connectivity index (χ1v) is 18.7. The van der Waals surface area contributed by atoms with Crippen LogP contribution in [0.3, 0.4) is 0 Å². The third-order valence-corrected chi connectivity index (χ3v) is 11.1. The molecule has 0 N–H and O–H groups in total. The predicted octanol–water partition coefficient (Wildman–Crippen LogP) is 13.2. The Morgan fingerprint density at radius 3 is 1.70 bits per heavy atom. The third kappa shape index (κ3) is 4.50. The van der Waals surface area contributed by atoms with E-state index >= 15 is 0 Å². The van der Waals surface area contributed by atoms with E-state index in [1.165, 1.54) is 10.8 Å². The molecule has 0 aliphatic heterocycles. The molecule has 0 atom stereocenters. The maximum absolute atomic E-state index is 6.82. The lowest BCUT2D eigenvalue weighted by atomic mass is 9.98. The normalized spacial score (nSPS) is 11.9. The summed E-state index contributed by atoms with van der Waals surface area (Å²) in [6.45, 7) is 0. The van der Waals surface area contributed by atoms with Gasteiger partial charge in [0, 0.05) is 54.7 Å². The highest BCUT2D eigenvalue weighted by Crippen LogP contribution is 2.44. The van der Waals surface area contributed by atoms with Crippen LogP contribution in [0.5, 0.6) is 0 Å². The van der Waals surface area contributed by atoms with E-state index in [1.807, 2.05) is 48.5 Å². The highest BCUT2D eigenvalue weighted by atomic mass is 16.4. The summed E-state index contributed by atoms with van der Waals surface area (Å²) in [4.78, 5) is 0. The average Bonchev–Trinajstić information content (AvgIpc) is 4.05. The van der Waals surface area contributed by atoms with Crippen molar-refractivity contribution >= 4 is 65.6 Å². The van der Waals surface area contributed by atoms with Crippen molar-refractivity contribution in [3.63, 3.8) is 0 Å². The van der Waals surface area contributed by atoms with E-state index in [0.29, 0.717) is 11.8 Å². The van der Waals surface area contributed by atoms with Gasteiger partial charge in [-0.25, -0.2) is 0 Å². The first-order valence-electron chi connectivity index (χ1n) is 18.7. The topological polar surface area (TPSA) is 61.9 Å². The highest BCUT2D eigenvalue weighted by Gasteiger charge is 2.23. The zero-order valence-corrected chi connectivity index (χ0v) is 29.9. The van der Waals surface area contributed by atoms with Gasteiger partial charge in [0.05, 0.1) is 27.8 Å². The maximum atomic E-state index is 6.82. The van der Waals surface area contributed by atoms with Gasteiger partial charge in [-0.05, 0) is 84.4 Å². The summed E-state index contributed by atoms with van der Waals surface area (Å²) in [6.07, 6.45) is 0. The van der Waals surface area contributed by atoms with Crippen molar-refractivity contribution in [1.29, 1.82) is 0 Å². The molecule has 8 aromatic carbocycles. The second-order valence-corrected chi connectivity index (χ2v) is 14.2. The molecule has 0 unspecified atom stereocenters. The van der Waals surface area contributed by atoms with Crippen LogP contribution in [-0.4, -0.2) is 19.3 Å². The molecule has 0 saturated heterocycles. The van der Waals surface area contributed by atoms with Crippen molar-refractivity contribution in [2.75, 3.05) is 0 Å². The molecular weight excluding hydrogens is 689 g/mol. The quantitative estimate of drug-likeness (QED) is 0.178. The average molecular weight is 719 g/mol. The first kappa shape index (κ1) is 30.7. The van der Waals surface area contributed by atoms with Gasteiger partial charge in [-0.3, -0.25) is 0 Å². The van der Waals surface area contributed by atoms with Gasteiger partial charge in [0.1, 0.15) is 11.2 Å². The van der Waals surface area contributed by atoms with Crippen LogP contribution in [0.2, 0.25) is 0 Å². The minimum absolute atomic E-state index is 0.477. The van der Waals surface area contributed by atoms with Crippen LogP contribution in [-0.2, 0) is 0 Å². The Labute approximate surface area is 320 Å². The standard InChI is InChI=1S/C50H30N4O2/c1-2-13-31(14-3-1)49-51-52-50(56-49)33-15-12-16-34(29-33)53-41-21-8-6-19-37(41)40-30-32(25-27-44(40)53)47-45(28-26-39-38-20-7-11-24-46(38)55-48(39)47)54-42-22-9-4-17-35(42)36-18-5-10-23-43(36)54/h1-30H. The van der Waals surface area contributed by atoms with E-state index in [0.717, 1.165) is 88.4 Å².